The van der Waals surface area contributed by atoms with E-state index in [1.54, 1.807) is 18.3 Å². The highest BCUT2D eigenvalue weighted by Crippen LogP contribution is 2.26. The van der Waals surface area contributed by atoms with Crippen molar-refractivity contribution in [3.63, 3.8) is 0 Å². The zero-order chi connectivity index (χ0) is 20.2. The second-order valence-electron chi connectivity index (χ2n) is 6.68. The number of hydrogen-bond acceptors (Lipinski definition) is 4. The van der Waals surface area contributed by atoms with Crippen LogP contribution in [0.3, 0.4) is 0 Å². The number of carbonyl (C=O) groups excluding carboxylic acids is 1. The lowest BCUT2D eigenvalue weighted by Gasteiger charge is -2.13. The zero-order valence-corrected chi connectivity index (χ0v) is 17.2. The molecule has 1 N–H and O–H groups in total. The molecule has 0 spiro atoms. The Bertz CT molecular complexity index is 1160. The van der Waals surface area contributed by atoms with Crippen molar-refractivity contribution in [3.05, 3.63) is 94.1 Å². The number of nitrogens with zero attached hydrogens (tertiary/aromatic N) is 2. The quantitative estimate of drug-likeness (QED) is 0.417. The van der Waals surface area contributed by atoms with Crippen molar-refractivity contribution >= 4 is 32.6 Å². The summed E-state index contributed by atoms with van der Waals surface area (Å²) in [6, 6.07) is 21.3. The number of carbonyl (C=O) groups is 1. The molecule has 1 aromatic heterocycles. The van der Waals surface area contributed by atoms with Crippen molar-refractivity contribution in [1.82, 2.24) is 9.78 Å². The van der Waals surface area contributed by atoms with Gasteiger partial charge in [-0.05, 0) is 42.0 Å². The summed E-state index contributed by atoms with van der Waals surface area (Å²) in [4.78, 5) is 11.7. The molecule has 0 atom stereocenters. The summed E-state index contributed by atoms with van der Waals surface area (Å²) in [6.45, 7) is 0.516. The molecule has 5 nitrogen and oxygen atoms in total. The van der Waals surface area contributed by atoms with Crippen LogP contribution >= 0.6 is 15.9 Å². The van der Waals surface area contributed by atoms with Gasteiger partial charge >= 0.3 is 0 Å². The first-order chi connectivity index (χ1) is 14.1. The first-order valence-corrected chi connectivity index (χ1v) is 9.98. The number of aliphatic hydroxyl groups is 1. The number of halogens is 1. The molecular formula is C23H19BrN2O3. The molecule has 0 saturated carbocycles. The highest BCUT2D eigenvalue weighted by Gasteiger charge is 2.11. The highest BCUT2D eigenvalue weighted by atomic mass is 79.9. The number of fused-ring (bicyclic) bond motifs is 1. The van der Waals surface area contributed by atoms with Gasteiger partial charge in [-0.2, -0.15) is 5.10 Å². The molecule has 0 aliphatic rings. The van der Waals surface area contributed by atoms with Gasteiger partial charge in [-0.15, -0.1) is 0 Å². The maximum Gasteiger partial charge on any atom is 0.188 e. The van der Waals surface area contributed by atoms with Crippen LogP contribution < -0.4 is 4.74 Å². The molecule has 146 valence electrons. The molecule has 4 rings (SSSR count). The van der Waals surface area contributed by atoms with E-state index >= 15 is 0 Å². The molecule has 0 amide bonds. The van der Waals surface area contributed by atoms with Crippen molar-refractivity contribution in [2.75, 3.05) is 6.61 Å². The molecule has 0 aliphatic heterocycles. The van der Waals surface area contributed by atoms with E-state index in [4.69, 9.17) is 9.84 Å². The predicted molar refractivity (Wildman–Crippen MR) is 115 cm³/mol. The molecule has 29 heavy (non-hydrogen) atoms. The molecule has 0 bridgehead atoms. The Balaban J connectivity index is 1.60. The fourth-order valence-electron chi connectivity index (χ4n) is 3.19. The van der Waals surface area contributed by atoms with Crippen molar-refractivity contribution in [2.45, 2.75) is 13.2 Å². The smallest absolute Gasteiger partial charge is 0.188 e. The SMILES string of the molecule is O=C(CO)c1ccc2c(cnn2Cc2cc(Br)ccc2OCc2ccccc2)c1. The number of aliphatic hydroxyl groups excluding tert-OH is 1. The summed E-state index contributed by atoms with van der Waals surface area (Å²) >= 11 is 3.53. The Hall–Kier alpha value is -2.96. The molecule has 0 unspecified atom stereocenters. The minimum atomic E-state index is -0.500. The van der Waals surface area contributed by atoms with Gasteiger partial charge in [-0.1, -0.05) is 46.3 Å². The largest absolute Gasteiger partial charge is 0.489 e. The van der Waals surface area contributed by atoms with E-state index in [2.05, 4.69) is 21.0 Å². The van der Waals surface area contributed by atoms with E-state index in [1.807, 2.05) is 59.3 Å². The molecule has 0 saturated heterocycles. The summed E-state index contributed by atoms with van der Waals surface area (Å²) < 4.78 is 8.91. The maximum absolute atomic E-state index is 11.7. The fourth-order valence-corrected chi connectivity index (χ4v) is 3.60. The third-order valence-electron chi connectivity index (χ3n) is 4.69. The van der Waals surface area contributed by atoms with Crippen molar-refractivity contribution in [2.24, 2.45) is 0 Å². The number of Topliss-reactive ketones (excluding diaryl/α,β-unsaturated/α-hetero) is 1. The summed E-state index contributed by atoms with van der Waals surface area (Å²) in [5.74, 6) is 0.496. The van der Waals surface area contributed by atoms with E-state index < -0.39 is 6.61 Å². The lowest BCUT2D eigenvalue weighted by atomic mass is 10.1. The average Bonchev–Trinajstić information content (AvgIpc) is 3.15. The number of aromatic nitrogens is 2. The van der Waals surface area contributed by atoms with E-state index in [0.29, 0.717) is 18.7 Å². The van der Waals surface area contributed by atoms with E-state index in [0.717, 1.165) is 32.3 Å². The van der Waals surface area contributed by atoms with E-state index in [-0.39, 0.29) is 5.78 Å². The second-order valence-corrected chi connectivity index (χ2v) is 7.60. The minimum absolute atomic E-state index is 0.303. The van der Waals surface area contributed by atoms with Gasteiger partial charge < -0.3 is 9.84 Å². The number of rotatable bonds is 7. The minimum Gasteiger partial charge on any atom is -0.489 e. The summed E-state index contributed by atoms with van der Waals surface area (Å²) in [5.41, 5.74) is 3.49. The van der Waals surface area contributed by atoms with Crippen LogP contribution in [0.1, 0.15) is 21.5 Å². The summed E-state index contributed by atoms with van der Waals surface area (Å²) in [7, 11) is 0. The van der Waals surface area contributed by atoms with Gasteiger partial charge in [-0.25, -0.2) is 0 Å². The van der Waals surface area contributed by atoms with Gasteiger partial charge in [0.1, 0.15) is 19.0 Å². The van der Waals surface area contributed by atoms with Crippen LogP contribution in [-0.2, 0) is 13.2 Å². The van der Waals surface area contributed by atoms with Gasteiger partial charge in [0.2, 0.25) is 0 Å². The molecule has 0 aliphatic carbocycles. The lowest BCUT2D eigenvalue weighted by molar-refractivity contribution is 0.0904. The second kappa shape index (κ2) is 8.59. The Morgan fingerprint density at radius 3 is 2.69 bits per heavy atom. The van der Waals surface area contributed by atoms with E-state index in [9.17, 15) is 4.79 Å². The van der Waals surface area contributed by atoms with Crippen LogP contribution in [0.15, 0.2) is 77.4 Å². The van der Waals surface area contributed by atoms with Crippen molar-refractivity contribution in [1.29, 1.82) is 0 Å². The Kier molecular flexibility index (Phi) is 5.74. The molecule has 6 heteroatoms. The predicted octanol–water partition coefficient (Wildman–Crippen LogP) is 4.60. The lowest BCUT2D eigenvalue weighted by Crippen LogP contribution is -2.06. The first kappa shape index (κ1) is 19.4. The fraction of sp³-hybridized carbons (Fsp3) is 0.130. The summed E-state index contributed by atoms with van der Waals surface area (Å²) in [5, 5.41) is 14.4. The Morgan fingerprint density at radius 1 is 1.07 bits per heavy atom. The van der Waals surface area contributed by atoms with Gasteiger partial charge in [0.25, 0.3) is 0 Å². The molecular weight excluding hydrogens is 432 g/mol. The molecule has 3 aromatic carbocycles. The molecule has 0 radical (unpaired) electrons. The van der Waals surface area contributed by atoms with E-state index in [1.165, 1.54) is 0 Å². The van der Waals surface area contributed by atoms with Gasteiger partial charge in [0.15, 0.2) is 5.78 Å². The average molecular weight is 451 g/mol. The van der Waals surface area contributed by atoms with Crippen LogP contribution in [0.25, 0.3) is 10.9 Å². The van der Waals surface area contributed by atoms with Crippen LogP contribution in [0.4, 0.5) is 0 Å². The monoisotopic (exact) mass is 450 g/mol. The Morgan fingerprint density at radius 2 is 1.90 bits per heavy atom. The van der Waals surface area contributed by atoms with Crippen LogP contribution in [0.5, 0.6) is 5.75 Å². The molecule has 4 aromatic rings. The van der Waals surface area contributed by atoms with Crippen molar-refractivity contribution in [3.8, 4) is 5.75 Å². The third-order valence-corrected chi connectivity index (χ3v) is 5.18. The maximum atomic E-state index is 11.7. The standard InChI is InChI=1S/C23H19BrN2O3/c24-20-7-9-23(29-15-16-4-2-1-3-5-16)19(11-20)13-26-21-8-6-17(22(28)14-27)10-18(21)12-25-26/h1-12,27H,13-15H2. The third kappa shape index (κ3) is 4.39. The van der Waals surface area contributed by atoms with Crippen LogP contribution in [0.2, 0.25) is 0 Å². The molecule has 0 fully saturated rings. The van der Waals surface area contributed by atoms with Gasteiger partial charge in [0.05, 0.1) is 18.3 Å². The summed E-state index contributed by atoms with van der Waals surface area (Å²) in [6.07, 6.45) is 1.73. The van der Waals surface area contributed by atoms with Gasteiger partial charge in [-0.3, -0.25) is 9.48 Å². The van der Waals surface area contributed by atoms with Crippen LogP contribution in [-0.4, -0.2) is 27.3 Å². The number of ether oxygens (including phenoxy) is 1. The normalized spacial score (nSPS) is 11.0. The topological polar surface area (TPSA) is 64.3 Å². The number of hydrogen-bond donors (Lipinski definition) is 1. The Labute approximate surface area is 176 Å². The van der Waals surface area contributed by atoms with Crippen LogP contribution in [0, 0.1) is 0 Å². The highest BCUT2D eigenvalue weighted by molar-refractivity contribution is 9.10. The van der Waals surface area contributed by atoms with Gasteiger partial charge in [0, 0.05) is 21.0 Å². The number of ketones is 1. The first-order valence-electron chi connectivity index (χ1n) is 9.19. The van der Waals surface area contributed by atoms with Crippen molar-refractivity contribution < 1.29 is 14.6 Å². The number of benzene rings is 3. The molecule has 1 heterocycles. The zero-order valence-electron chi connectivity index (χ0n) is 15.6.